The van der Waals surface area contributed by atoms with Crippen molar-refractivity contribution in [2.24, 2.45) is 11.8 Å². The molecule has 6 nitrogen and oxygen atoms in total. The average Bonchev–Trinajstić information content (AvgIpc) is 3.02. The van der Waals surface area contributed by atoms with E-state index < -0.39 is 24.5 Å². The number of hydrogen-bond acceptors (Lipinski definition) is 5. The number of esters is 1. The van der Waals surface area contributed by atoms with Crippen molar-refractivity contribution in [3.05, 3.63) is 45.1 Å². The maximum Gasteiger partial charge on any atom is 0.302 e. The topological polar surface area (TPSA) is 73.4 Å². The Morgan fingerprint density at radius 1 is 1.30 bits per heavy atom. The lowest BCUT2D eigenvalue weighted by Gasteiger charge is -2.40. The zero-order valence-corrected chi connectivity index (χ0v) is 18.8. The summed E-state index contributed by atoms with van der Waals surface area (Å²) in [5.74, 6) is -0.707. The van der Waals surface area contributed by atoms with Gasteiger partial charge in [-0.15, -0.1) is 5.10 Å². The molecule has 1 N–H and O–H groups in total. The van der Waals surface area contributed by atoms with Crippen molar-refractivity contribution >= 4 is 29.2 Å². The van der Waals surface area contributed by atoms with Gasteiger partial charge in [0.1, 0.15) is 18.9 Å². The molecular weight excluding hydrogens is 434 g/mol. The fourth-order valence-electron chi connectivity index (χ4n) is 3.41. The van der Waals surface area contributed by atoms with Crippen LogP contribution in [0, 0.1) is 18.8 Å². The molecule has 1 fully saturated rings. The summed E-state index contributed by atoms with van der Waals surface area (Å²) >= 11 is 12.3. The monoisotopic (exact) mass is 458 g/mol. The van der Waals surface area contributed by atoms with E-state index >= 15 is 0 Å². The molecular formula is C21H25Cl2FN2O4. The molecule has 0 bridgehead atoms. The Labute approximate surface area is 185 Å². The van der Waals surface area contributed by atoms with Crippen molar-refractivity contribution in [2.45, 2.75) is 52.7 Å². The number of nitrogens with zero attached hydrogens (tertiary/aromatic N) is 1. The van der Waals surface area contributed by atoms with E-state index in [2.05, 4.69) is 10.2 Å². The third-order valence-electron chi connectivity index (χ3n) is 5.52. The first-order valence-corrected chi connectivity index (χ1v) is 10.5. The molecule has 0 amide bonds. The van der Waals surface area contributed by atoms with Crippen molar-refractivity contribution in [1.82, 2.24) is 10.2 Å². The van der Waals surface area contributed by atoms with Gasteiger partial charge in [-0.2, -0.15) is 0 Å². The highest BCUT2D eigenvalue weighted by atomic mass is 35.5. The van der Waals surface area contributed by atoms with Gasteiger partial charge >= 0.3 is 5.97 Å². The summed E-state index contributed by atoms with van der Waals surface area (Å²) in [6, 6.07) is 5.31. The Kier molecular flexibility index (Phi) is 7.26. The maximum absolute atomic E-state index is 14.7. The van der Waals surface area contributed by atoms with Crippen LogP contribution in [0.1, 0.15) is 37.6 Å². The number of H-pyrrole nitrogens is 1. The number of aromatic amines is 1. The highest BCUT2D eigenvalue weighted by molar-refractivity contribution is 6.35. The normalized spacial score (nSPS) is 26.4. The molecule has 1 aliphatic heterocycles. The third-order valence-corrected chi connectivity index (χ3v) is 6.11. The zero-order valence-electron chi connectivity index (χ0n) is 17.2. The molecule has 0 saturated carbocycles. The van der Waals surface area contributed by atoms with E-state index in [0.29, 0.717) is 22.3 Å². The lowest BCUT2D eigenvalue weighted by Crippen LogP contribution is -2.51. The highest BCUT2D eigenvalue weighted by Gasteiger charge is 2.44. The van der Waals surface area contributed by atoms with Crippen LogP contribution in [-0.2, 0) is 20.7 Å². The molecule has 164 valence electrons. The summed E-state index contributed by atoms with van der Waals surface area (Å²) < 4.78 is 31.5. The van der Waals surface area contributed by atoms with Crippen molar-refractivity contribution in [1.29, 1.82) is 0 Å². The Morgan fingerprint density at radius 2 is 2.03 bits per heavy atom. The standard InChI is InChI=1S/C21H25Cl2FN2O4/c1-10-11(2)21(29-18(19(10)24)9-28-13(4)27)30-20-16(12(3)25-26-20)7-14-5-6-15(22)8-17(14)23/h5-6,8,10-11,18-19,21H,7,9H2,1-4H3,(H,25,26). The lowest BCUT2D eigenvalue weighted by atomic mass is 9.86. The number of benzene rings is 1. The fraction of sp³-hybridized carbons (Fsp3) is 0.524. The number of aryl methyl sites for hydroxylation is 1. The second-order valence-electron chi connectivity index (χ2n) is 7.67. The zero-order chi connectivity index (χ0) is 22.0. The van der Waals surface area contributed by atoms with Gasteiger partial charge < -0.3 is 14.2 Å². The van der Waals surface area contributed by atoms with Gasteiger partial charge in [-0.05, 0) is 30.5 Å². The van der Waals surface area contributed by atoms with Crippen molar-refractivity contribution in [3.8, 4) is 5.88 Å². The number of ether oxygens (including phenoxy) is 3. The molecule has 0 aliphatic carbocycles. The van der Waals surface area contributed by atoms with Crippen molar-refractivity contribution in [2.75, 3.05) is 6.61 Å². The average molecular weight is 459 g/mol. The maximum atomic E-state index is 14.7. The molecule has 30 heavy (non-hydrogen) atoms. The summed E-state index contributed by atoms with van der Waals surface area (Å²) in [7, 11) is 0. The van der Waals surface area contributed by atoms with E-state index in [9.17, 15) is 9.18 Å². The van der Waals surface area contributed by atoms with Gasteiger partial charge in [0.25, 0.3) is 0 Å². The first kappa shape index (κ1) is 22.8. The van der Waals surface area contributed by atoms with Gasteiger partial charge in [-0.1, -0.05) is 43.1 Å². The lowest BCUT2D eigenvalue weighted by molar-refractivity contribution is -0.229. The molecule has 1 aromatic heterocycles. The predicted molar refractivity (Wildman–Crippen MR) is 112 cm³/mol. The number of carbonyl (C=O) groups excluding carboxylic acids is 1. The van der Waals surface area contributed by atoms with Crippen LogP contribution in [0.15, 0.2) is 18.2 Å². The van der Waals surface area contributed by atoms with Gasteiger partial charge in [0.15, 0.2) is 0 Å². The number of aromatic nitrogens is 2. The van der Waals surface area contributed by atoms with Crippen LogP contribution in [-0.4, -0.2) is 41.3 Å². The van der Waals surface area contributed by atoms with Crippen LogP contribution in [0.3, 0.4) is 0 Å². The number of rotatable bonds is 6. The second kappa shape index (κ2) is 9.54. The Hall–Kier alpha value is -1.83. The highest BCUT2D eigenvalue weighted by Crippen LogP contribution is 2.35. The van der Waals surface area contributed by atoms with Gasteiger partial charge in [-0.3, -0.25) is 9.89 Å². The molecule has 1 aromatic carbocycles. The summed E-state index contributed by atoms with van der Waals surface area (Å²) in [4.78, 5) is 11.1. The smallest absolute Gasteiger partial charge is 0.302 e. The first-order chi connectivity index (χ1) is 14.2. The Morgan fingerprint density at radius 3 is 2.70 bits per heavy atom. The molecule has 1 saturated heterocycles. The molecule has 0 spiro atoms. The van der Waals surface area contributed by atoms with E-state index in [1.165, 1.54) is 6.92 Å². The molecule has 9 heteroatoms. The molecule has 2 aromatic rings. The summed E-state index contributed by atoms with van der Waals surface area (Å²) in [5, 5.41) is 8.28. The summed E-state index contributed by atoms with van der Waals surface area (Å²) in [6.07, 6.45) is -2.44. The van der Waals surface area contributed by atoms with E-state index in [1.54, 1.807) is 19.1 Å². The molecule has 2 heterocycles. The minimum Gasteiger partial charge on any atom is -0.463 e. The number of hydrogen-bond donors (Lipinski definition) is 1. The number of nitrogens with one attached hydrogen (secondary N) is 1. The van der Waals surface area contributed by atoms with Crippen molar-refractivity contribution < 1.29 is 23.4 Å². The van der Waals surface area contributed by atoms with E-state index in [-0.39, 0.29) is 18.4 Å². The SMILES string of the molecule is CC(=O)OCC1OC(Oc2n[nH]c(C)c2Cc2ccc(Cl)cc2Cl)C(C)C(C)C1F. The number of alkyl halides is 1. The Balaban J connectivity index is 1.79. The molecule has 5 atom stereocenters. The summed E-state index contributed by atoms with van der Waals surface area (Å²) in [6.45, 7) is 6.64. The number of halogens is 3. The van der Waals surface area contributed by atoms with Crippen LogP contribution in [0.5, 0.6) is 5.88 Å². The molecule has 1 aliphatic rings. The van der Waals surface area contributed by atoms with E-state index in [4.69, 9.17) is 37.4 Å². The summed E-state index contributed by atoms with van der Waals surface area (Å²) in [5.41, 5.74) is 2.52. The second-order valence-corrected chi connectivity index (χ2v) is 8.51. The van der Waals surface area contributed by atoms with Gasteiger partial charge in [-0.25, -0.2) is 4.39 Å². The predicted octanol–water partition coefficient (Wildman–Crippen LogP) is 4.89. The minimum atomic E-state index is -1.27. The van der Waals surface area contributed by atoms with Crippen LogP contribution < -0.4 is 4.74 Å². The largest absolute Gasteiger partial charge is 0.463 e. The van der Waals surface area contributed by atoms with Gasteiger partial charge in [0, 0.05) is 40.6 Å². The van der Waals surface area contributed by atoms with E-state index in [0.717, 1.165) is 16.8 Å². The quantitative estimate of drug-likeness (QED) is 0.623. The molecule has 3 rings (SSSR count). The van der Waals surface area contributed by atoms with E-state index in [1.807, 2.05) is 19.9 Å². The van der Waals surface area contributed by atoms with Crippen LogP contribution in [0.2, 0.25) is 10.0 Å². The molecule has 5 unspecified atom stereocenters. The Bertz CT molecular complexity index is 907. The first-order valence-electron chi connectivity index (χ1n) is 9.74. The van der Waals surface area contributed by atoms with Crippen molar-refractivity contribution in [3.63, 3.8) is 0 Å². The van der Waals surface area contributed by atoms with Crippen LogP contribution >= 0.6 is 23.2 Å². The van der Waals surface area contributed by atoms with Crippen LogP contribution in [0.25, 0.3) is 0 Å². The number of carbonyl (C=O) groups is 1. The fourth-order valence-corrected chi connectivity index (χ4v) is 3.89. The van der Waals surface area contributed by atoms with Gasteiger partial charge in [0.2, 0.25) is 12.2 Å². The molecule has 0 radical (unpaired) electrons. The minimum absolute atomic E-state index is 0.166. The van der Waals surface area contributed by atoms with Crippen LogP contribution in [0.4, 0.5) is 4.39 Å². The third kappa shape index (κ3) is 5.07. The van der Waals surface area contributed by atoms with Gasteiger partial charge in [0.05, 0.1) is 0 Å².